The number of hydrogen-bond acceptors (Lipinski definition) is 4. The van der Waals surface area contributed by atoms with Crippen molar-refractivity contribution in [3.05, 3.63) is 35.4 Å². The van der Waals surface area contributed by atoms with Gasteiger partial charge in [0.05, 0.1) is 5.56 Å². The van der Waals surface area contributed by atoms with Crippen LogP contribution in [0, 0.1) is 17.8 Å². The fraction of sp³-hybridized carbons (Fsp3) is 0.714. The first-order valence-corrected chi connectivity index (χ1v) is 13.4. The SMILES string of the molecule is CCN(C(=O)O[C@@H](CC(C)C)C(=O)N[C@H]1CC[C@@H]2CN(Cc3cccc(C(F)(F)F)c3)C[C@@H]21)C(C)(C)C. The molecule has 1 N–H and O–H groups in total. The van der Waals surface area contributed by atoms with Crippen LogP contribution in [0.5, 0.6) is 0 Å². The molecule has 3 rings (SSSR count). The van der Waals surface area contributed by atoms with E-state index in [4.69, 9.17) is 4.74 Å². The molecule has 208 valence electrons. The Hall–Kier alpha value is -2.29. The van der Waals surface area contributed by atoms with Gasteiger partial charge in [-0.1, -0.05) is 32.0 Å². The number of nitrogens with zero attached hydrogens (tertiary/aromatic N) is 2. The summed E-state index contributed by atoms with van der Waals surface area (Å²) in [6.07, 6.45) is -3.48. The number of benzene rings is 1. The molecule has 1 saturated heterocycles. The molecule has 0 radical (unpaired) electrons. The highest BCUT2D eigenvalue weighted by Gasteiger charge is 2.44. The van der Waals surface area contributed by atoms with E-state index in [-0.39, 0.29) is 23.8 Å². The van der Waals surface area contributed by atoms with Gasteiger partial charge in [0.1, 0.15) is 0 Å². The second-order valence-corrected chi connectivity index (χ2v) is 11.9. The largest absolute Gasteiger partial charge is 0.436 e. The average Bonchev–Trinajstić information content (AvgIpc) is 3.33. The zero-order valence-corrected chi connectivity index (χ0v) is 22.9. The van der Waals surface area contributed by atoms with Gasteiger partial charge in [0.15, 0.2) is 6.10 Å². The molecule has 9 heteroatoms. The molecule has 6 nitrogen and oxygen atoms in total. The molecule has 1 aliphatic heterocycles. The van der Waals surface area contributed by atoms with E-state index in [2.05, 4.69) is 10.2 Å². The number of likely N-dealkylation sites (tertiary alicyclic amines) is 1. The lowest BCUT2D eigenvalue weighted by Gasteiger charge is -2.35. The number of carbonyl (C=O) groups excluding carboxylic acids is 2. The van der Waals surface area contributed by atoms with Gasteiger partial charge >= 0.3 is 12.3 Å². The van der Waals surface area contributed by atoms with E-state index in [9.17, 15) is 22.8 Å². The van der Waals surface area contributed by atoms with Gasteiger partial charge in [-0.15, -0.1) is 0 Å². The molecule has 0 spiro atoms. The Labute approximate surface area is 218 Å². The van der Waals surface area contributed by atoms with Gasteiger partial charge in [0, 0.05) is 37.8 Å². The van der Waals surface area contributed by atoms with E-state index in [1.165, 1.54) is 12.1 Å². The Morgan fingerprint density at radius 1 is 1.16 bits per heavy atom. The van der Waals surface area contributed by atoms with Crippen LogP contribution in [0.3, 0.4) is 0 Å². The molecule has 1 aromatic carbocycles. The molecular weight excluding hydrogens is 483 g/mol. The minimum atomic E-state index is -4.36. The molecule has 1 saturated carbocycles. The first kappa shape index (κ1) is 29.3. The van der Waals surface area contributed by atoms with Crippen LogP contribution in [0.25, 0.3) is 0 Å². The fourth-order valence-corrected chi connectivity index (χ4v) is 5.75. The van der Waals surface area contributed by atoms with Crippen LogP contribution < -0.4 is 5.32 Å². The molecule has 37 heavy (non-hydrogen) atoms. The summed E-state index contributed by atoms with van der Waals surface area (Å²) in [5.74, 6) is 0.513. The number of amides is 2. The van der Waals surface area contributed by atoms with E-state index >= 15 is 0 Å². The predicted molar refractivity (Wildman–Crippen MR) is 137 cm³/mol. The summed E-state index contributed by atoms with van der Waals surface area (Å²) in [5, 5.41) is 3.16. The van der Waals surface area contributed by atoms with Crippen molar-refractivity contribution in [3.8, 4) is 0 Å². The van der Waals surface area contributed by atoms with E-state index in [1.807, 2.05) is 41.5 Å². The molecule has 4 atom stereocenters. The Bertz CT molecular complexity index is 945. The van der Waals surface area contributed by atoms with Gasteiger partial charge in [-0.2, -0.15) is 13.2 Å². The number of nitrogens with one attached hydrogen (secondary N) is 1. The van der Waals surface area contributed by atoms with Crippen LogP contribution in [-0.4, -0.2) is 59.1 Å². The number of fused-ring (bicyclic) bond motifs is 1. The third-order valence-electron chi connectivity index (χ3n) is 7.49. The smallest absolute Gasteiger partial charge is 0.416 e. The van der Waals surface area contributed by atoms with Crippen molar-refractivity contribution in [3.63, 3.8) is 0 Å². The first-order chi connectivity index (χ1) is 17.2. The van der Waals surface area contributed by atoms with Crippen molar-refractivity contribution >= 4 is 12.0 Å². The zero-order chi connectivity index (χ0) is 27.5. The number of halogens is 3. The van der Waals surface area contributed by atoms with Crippen molar-refractivity contribution in [2.45, 2.75) is 91.2 Å². The fourth-order valence-electron chi connectivity index (χ4n) is 5.75. The second kappa shape index (κ2) is 11.6. The molecule has 0 aromatic heterocycles. The maximum Gasteiger partial charge on any atom is 0.416 e. The summed E-state index contributed by atoms with van der Waals surface area (Å²) < 4.78 is 45.0. The maximum absolute atomic E-state index is 13.3. The van der Waals surface area contributed by atoms with Gasteiger partial charge in [-0.3, -0.25) is 9.69 Å². The van der Waals surface area contributed by atoms with Crippen LogP contribution >= 0.6 is 0 Å². The quantitative estimate of drug-likeness (QED) is 0.473. The lowest BCUT2D eigenvalue weighted by Crippen LogP contribution is -2.50. The van der Waals surface area contributed by atoms with Gasteiger partial charge in [0.2, 0.25) is 0 Å². The molecule has 1 heterocycles. The molecule has 2 aliphatic rings. The van der Waals surface area contributed by atoms with E-state index in [0.717, 1.165) is 25.5 Å². The molecule has 2 fully saturated rings. The Balaban J connectivity index is 1.62. The van der Waals surface area contributed by atoms with Crippen molar-refractivity contribution in [1.29, 1.82) is 0 Å². The maximum atomic E-state index is 13.3. The second-order valence-electron chi connectivity index (χ2n) is 11.9. The number of hydrogen-bond donors (Lipinski definition) is 1. The average molecular weight is 526 g/mol. The van der Waals surface area contributed by atoms with E-state index in [0.29, 0.717) is 37.5 Å². The number of rotatable bonds is 8. The van der Waals surface area contributed by atoms with Crippen LogP contribution in [0.15, 0.2) is 24.3 Å². The Morgan fingerprint density at radius 3 is 2.46 bits per heavy atom. The number of carbonyl (C=O) groups is 2. The molecule has 0 unspecified atom stereocenters. The van der Waals surface area contributed by atoms with Crippen LogP contribution in [0.1, 0.15) is 71.9 Å². The van der Waals surface area contributed by atoms with Gasteiger partial charge in [-0.25, -0.2) is 4.79 Å². The number of alkyl halides is 3. The minimum absolute atomic E-state index is 0.0396. The lowest BCUT2D eigenvalue weighted by atomic mass is 9.97. The Kier molecular flexibility index (Phi) is 9.19. The third-order valence-corrected chi connectivity index (χ3v) is 7.49. The summed E-state index contributed by atoms with van der Waals surface area (Å²) in [5.41, 5.74) is -0.414. The molecule has 2 amide bonds. The highest BCUT2D eigenvalue weighted by molar-refractivity contribution is 5.84. The number of ether oxygens (including phenoxy) is 1. The van der Waals surface area contributed by atoms with E-state index in [1.54, 1.807) is 11.0 Å². The van der Waals surface area contributed by atoms with Gasteiger partial charge < -0.3 is 15.0 Å². The monoisotopic (exact) mass is 525 g/mol. The predicted octanol–water partition coefficient (Wildman–Crippen LogP) is 5.70. The van der Waals surface area contributed by atoms with Crippen molar-refractivity contribution < 1.29 is 27.5 Å². The summed E-state index contributed by atoms with van der Waals surface area (Å²) in [4.78, 5) is 30.0. The topological polar surface area (TPSA) is 61.9 Å². The van der Waals surface area contributed by atoms with Gasteiger partial charge in [0.25, 0.3) is 5.91 Å². The summed E-state index contributed by atoms with van der Waals surface area (Å²) >= 11 is 0. The molecule has 1 aliphatic carbocycles. The van der Waals surface area contributed by atoms with Crippen LogP contribution in [0.2, 0.25) is 0 Å². The van der Waals surface area contributed by atoms with E-state index < -0.39 is 29.5 Å². The van der Waals surface area contributed by atoms with Crippen LogP contribution in [-0.2, 0) is 22.3 Å². The first-order valence-electron chi connectivity index (χ1n) is 13.4. The highest BCUT2D eigenvalue weighted by Crippen LogP contribution is 2.39. The van der Waals surface area contributed by atoms with Crippen molar-refractivity contribution in [2.24, 2.45) is 17.8 Å². The molecular formula is C28H42F3N3O3. The third kappa shape index (κ3) is 7.62. The standard InChI is InChI=1S/C28H42F3N3O3/c1-7-34(27(4,5)6)26(36)37-24(13-18(2)3)25(35)32-23-12-11-20-16-33(17-22(20)23)15-19-9-8-10-21(14-19)28(29,30)31/h8-10,14,18,20,22-24H,7,11-13,15-17H2,1-6H3,(H,32,35)/t20-,22+,23+,24+/m1/s1. The van der Waals surface area contributed by atoms with Gasteiger partial charge in [-0.05, 0) is 76.3 Å². The summed E-state index contributed by atoms with van der Waals surface area (Å²) in [6, 6.07) is 5.45. The summed E-state index contributed by atoms with van der Waals surface area (Å²) in [6.45, 7) is 14.1. The van der Waals surface area contributed by atoms with Crippen molar-refractivity contribution in [2.75, 3.05) is 19.6 Å². The Morgan fingerprint density at radius 2 is 1.86 bits per heavy atom. The lowest BCUT2D eigenvalue weighted by molar-refractivity contribution is -0.137. The highest BCUT2D eigenvalue weighted by atomic mass is 19.4. The molecule has 1 aromatic rings. The zero-order valence-electron chi connectivity index (χ0n) is 22.9. The van der Waals surface area contributed by atoms with Crippen molar-refractivity contribution in [1.82, 2.24) is 15.1 Å². The normalized spacial score (nSPS) is 23.1. The molecule has 0 bridgehead atoms. The summed E-state index contributed by atoms with van der Waals surface area (Å²) in [7, 11) is 0. The van der Waals surface area contributed by atoms with Crippen LogP contribution in [0.4, 0.5) is 18.0 Å². The minimum Gasteiger partial charge on any atom is -0.436 e.